The fourth-order valence-electron chi connectivity index (χ4n) is 3.34. The average Bonchev–Trinajstić information content (AvgIpc) is 2.81. The molecule has 1 aliphatic heterocycles. The summed E-state index contributed by atoms with van der Waals surface area (Å²) in [6.07, 6.45) is 1.68. The van der Waals surface area contributed by atoms with Crippen LogP contribution in [0.25, 0.3) is 0 Å². The summed E-state index contributed by atoms with van der Waals surface area (Å²) >= 11 is 0. The van der Waals surface area contributed by atoms with Gasteiger partial charge in [-0.3, -0.25) is 29.4 Å². The van der Waals surface area contributed by atoms with Crippen LogP contribution in [0.2, 0.25) is 0 Å². The minimum Gasteiger partial charge on any atom is -0.294 e. The molecule has 0 fully saturated rings. The molecule has 6 heteroatoms. The maximum absolute atomic E-state index is 12.8. The first kappa shape index (κ1) is 19.8. The number of nitrogens with one attached hydrogen (secondary N) is 1. The molecule has 1 aliphatic rings. The lowest BCUT2D eigenvalue weighted by Crippen LogP contribution is -2.52. The number of benzene rings is 1. The van der Waals surface area contributed by atoms with Crippen molar-refractivity contribution in [1.82, 2.24) is 10.2 Å². The molecule has 0 aromatic heterocycles. The SMILES string of the molecule is CCCC(C)(C)C(=O)NC(=O)C(CC)N1C(=O)c2cccc(C)c2C1=O. The minimum atomic E-state index is -1.01. The van der Waals surface area contributed by atoms with E-state index in [1.54, 1.807) is 45.9 Å². The van der Waals surface area contributed by atoms with E-state index in [0.29, 0.717) is 23.1 Å². The molecule has 2 rings (SSSR count). The van der Waals surface area contributed by atoms with Gasteiger partial charge in [0.2, 0.25) is 11.8 Å². The van der Waals surface area contributed by atoms with Crippen molar-refractivity contribution in [3.05, 3.63) is 34.9 Å². The van der Waals surface area contributed by atoms with Gasteiger partial charge in [-0.05, 0) is 31.4 Å². The summed E-state index contributed by atoms with van der Waals surface area (Å²) in [7, 11) is 0. The highest BCUT2D eigenvalue weighted by Gasteiger charge is 2.43. The number of carbonyl (C=O) groups is 4. The Balaban J connectivity index is 2.25. The lowest BCUT2D eigenvalue weighted by molar-refractivity contribution is -0.137. The molecule has 1 heterocycles. The molecule has 0 spiro atoms. The van der Waals surface area contributed by atoms with Gasteiger partial charge in [-0.1, -0.05) is 46.2 Å². The van der Waals surface area contributed by atoms with E-state index >= 15 is 0 Å². The van der Waals surface area contributed by atoms with Gasteiger partial charge in [-0.2, -0.15) is 0 Å². The van der Waals surface area contributed by atoms with Gasteiger partial charge in [0.25, 0.3) is 11.8 Å². The molecule has 1 aromatic rings. The van der Waals surface area contributed by atoms with Crippen molar-refractivity contribution in [3.8, 4) is 0 Å². The van der Waals surface area contributed by atoms with E-state index in [0.717, 1.165) is 11.3 Å². The molecule has 0 radical (unpaired) electrons. The lowest BCUT2D eigenvalue weighted by atomic mass is 9.87. The van der Waals surface area contributed by atoms with Gasteiger partial charge in [0.05, 0.1) is 11.1 Å². The number of aryl methyl sites for hydroxylation is 1. The fourth-order valence-corrected chi connectivity index (χ4v) is 3.34. The highest BCUT2D eigenvalue weighted by molar-refractivity contribution is 6.23. The normalized spacial score (nSPS) is 15.0. The van der Waals surface area contributed by atoms with Crippen molar-refractivity contribution in [3.63, 3.8) is 0 Å². The fraction of sp³-hybridized carbons (Fsp3) is 0.500. The van der Waals surface area contributed by atoms with E-state index in [-0.39, 0.29) is 6.42 Å². The van der Waals surface area contributed by atoms with Crippen LogP contribution < -0.4 is 5.32 Å². The van der Waals surface area contributed by atoms with E-state index in [1.807, 2.05) is 6.92 Å². The highest BCUT2D eigenvalue weighted by Crippen LogP contribution is 2.28. The second-order valence-corrected chi connectivity index (χ2v) is 7.35. The number of rotatable bonds is 6. The lowest BCUT2D eigenvalue weighted by Gasteiger charge is -2.27. The smallest absolute Gasteiger partial charge is 0.262 e. The van der Waals surface area contributed by atoms with Crippen molar-refractivity contribution in [2.24, 2.45) is 5.41 Å². The number of hydrogen-bond acceptors (Lipinski definition) is 4. The Bertz CT molecular complexity index is 767. The molecule has 0 aliphatic carbocycles. The summed E-state index contributed by atoms with van der Waals surface area (Å²) in [5, 5.41) is 2.39. The van der Waals surface area contributed by atoms with Crippen molar-refractivity contribution >= 4 is 23.6 Å². The number of hydrogen-bond donors (Lipinski definition) is 1. The first-order chi connectivity index (χ1) is 12.2. The first-order valence-corrected chi connectivity index (χ1v) is 8.98. The maximum atomic E-state index is 12.8. The van der Waals surface area contributed by atoms with Gasteiger partial charge in [0.15, 0.2) is 0 Å². The molecule has 0 saturated heterocycles. The van der Waals surface area contributed by atoms with Crippen molar-refractivity contribution in [1.29, 1.82) is 0 Å². The highest BCUT2D eigenvalue weighted by atomic mass is 16.2. The van der Waals surface area contributed by atoms with Crippen LogP contribution in [0.3, 0.4) is 0 Å². The standard InChI is InChI=1S/C20H26N2O4/c1-6-11-20(4,5)19(26)21-16(23)14(7-2)22-17(24)13-10-8-9-12(3)15(13)18(22)25/h8-10,14H,6-7,11H2,1-5H3,(H,21,23,26). The van der Waals surface area contributed by atoms with Crippen LogP contribution >= 0.6 is 0 Å². The van der Waals surface area contributed by atoms with E-state index < -0.39 is 35.1 Å². The quantitative estimate of drug-likeness (QED) is 0.793. The Morgan fingerprint density at radius 2 is 1.81 bits per heavy atom. The zero-order valence-electron chi connectivity index (χ0n) is 16.0. The molecule has 26 heavy (non-hydrogen) atoms. The number of amides is 4. The van der Waals surface area contributed by atoms with Crippen LogP contribution in [0.5, 0.6) is 0 Å². The molecule has 0 saturated carbocycles. The second-order valence-electron chi connectivity index (χ2n) is 7.35. The summed E-state index contributed by atoms with van der Waals surface area (Å²) in [4.78, 5) is 51.5. The Labute approximate surface area is 153 Å². The van der Waals surface area contributed by atoms with E-state index in [1.165, 1.54) is 0 Å². The van der Waals surface area contributed by atoms with Gasteiger partial charge >= 0.3 is 0 Å². The zero-order chi connectivity index (χ0) is 19.6. The predicted molar refractivity (Wildman–Crippen MR) is 97.6 cm³/mol. The van der Waals surface area contributed by atoms with Crippen molar-refractivity contribution in [2.45, 2.75) is 59.9 Å². The molecule has 1 atom stereocenters. The van der Waals surface area contributed by atoms with Gasteiger partial charge in [-0.15, -0.1) is 0 Å². The maximum Gasteiger partial charge on any atom is 0.262 e. The summed E-state index contributed by atoms with van der Waals surface area (Å²) < 4.78 is 0. The van der Waals surface area contributed by atoms with E-state index in [2.05, 4.69) is 5.32 Å². The van der Waals surface area contributed by atoms with E-state index in [4.69, 9.17) is 0 Å². The Kier molecular flexibility index (Phi) is 5.64. The number of fused-ring (bicyclic) bond motifs is 1. The summed E-state index contributed by atoms with van der Waals surface area (Å²) in [5.74, 6) is -1.98. The molecular weight excluding hydrogens is 332 g/mol. The molecule has 0 bridgehead atoms. The van der Waals surface area contributed by atoms with Crippen LogP contribution in [0.1, 0.15) is 73.2 Å². The second kappa shape index (κ2) is 7.40. The number of carbonyl (C=O) groups excluding carboxylic acids is 4. The third-order valence-electron chi connectivity index (χ3n) is 4.88. The van der Waals surface area contributed by atoms with Gasteiger partial charge in [0.1, 0.15) is 6.04 Å². The van der Waals surface area contributed by atoms with Gasteiger partial charge < -0.3 is 0 Å². The van der Waals surface area contributed by atoms with Crippen molar-refractivity contribution < 1.29 is 19.2 Å². The van der Waals surface area contributed by atoms with Crippen LogP contribution in [0.15, 0.2) is 18.2 Å². The topological polar surface area (TPSA) is 83.6 Å². The minimum absolute atomic E-state index is 0.234. The third-order valence-corrected chi connectivity index (χ3v) is 4.88. The Hall–Kier alpha value is -2.50. The number of nitrogens with zero attached hydrogens (tertiary/aromatic N) is 1. The predicted octanol–water partition coefficient (Wildman–Crippen LogP) is 2.84. The molecule has 1 N–H and O–H groups in total. The van der Waals surface area contributed by atoms with Crippen LogP contribution in [0.4, 0.5) is 0 Å². The van der Waals surface area contributed by atoms with Crippen LogP contribution in [0, 0.1) is 12.3 Å². The summed E-state index contributed by atoms with van der Waals surface area (Å²) in [5.41, 5.74) is 0.639. The monoisotopic (exact) mass is 358 g/mol. The Morgan fingerprint density at radius 3 is 2.35 bits per heavy atom. The first-order valence-electron chi connectivity index (χ1n) is 8.98. The molecule has 6 nitrogen and oxygen atoms in total. The third kappa shape index (κ3) is 3.41. The van der Waals surface area contributed by atoms with Crippen LogP contribution in [-0.2, 0) is 9.59 Å². The molecular formula is C20H26N2O4. The Morgan fingerprint density at radius 1 is 1.15 bits per heavy atom. The van der Waals surface area contributed by atoms with Crippen LogP contribution in [-0.4, -0.2) is 34.6 Å². The molecule has 4 amide bonds. The van der Waals surface area contributed by atoms with E-state index in [9.17, 15) is 19.2 Å². The molecule has 1 unspecified atom stereocenters. The van der Waals surface area contributed by atoms with Gasteiger partial charge in [0, 0.05) is 5.41 Å². The van der Waals surface area contributed by atoms with Crippen molar-refractivity contribution in [2.75, 3.05) is 0 Å². The average molecular weight is 358 g/mol. The zero-order valence-corrected chi connectivity index (χ0v) is 16.0. The largest absolute Gasteiger partial charge is 0.294 e. The number of imide groups is 2. The van der Waals surface area contributed by atoms with Gasteiger partial charge in [-0.25, -0.2) is 0 Å². The summed E-state index contributed by atoms with van der Waals surface area (Å²) in [6, 6.07) is 4.04. The molecule has 1 aromatic carbocycles. The molecule has 140 valence electrons. The summed E-state index contributed by atoms with van der Waals surface area (Å²) in [6.45, 7) is 8.97.